The van der Waals surface area contributed by atoms with Crippen LogP contribution in [0.1, 0.15) is 12.0 Å². The molecular weight excluding hydrogens is 292 g/mol. The Balaban J connectivity index is 0.000000346. The third-order valence-electron chi connectivity index (χ3n) is 3.03. The molecule has 1 heterocycles. The van der Waals surface area contributed by atoms with Crippen LogP contribution in [0.4, 0.5) is 4.79 Å². The molecule has 1 aliphatic rings. The van der Waals surface area contributed by atoms with E-state index in [0.717, 1.165) is 26.1 Å². The van der Waals surface area contributed by atoms with E-state index in [0.29, 0.717) is 0 Å². The number of carboxylic acids is 2. The predicted molar refractivity (Wildman–Crippen MR) is 76.6 cm³/mol. The van der Waals surface area contributed by atoms with E-state index >= 15 is 0 Å². The number of benzene rings is 1. The van der Waals surface area contributed by atoms with Crippen LogP contribution in [0.5, 0.6) is 0 Å². The molecular formula is C14H18N2O6. The van der Waals surface area contributed by atoms with Crippen LogP contribution >= 0.6 is 0 Å². The van der Waals surface area contributed by atoms with Crippen LogP contribution < -0.4 is 5.32 Å². The number of hydrogen-bond acceptors (Lipinski definition) is 4. The standard InChI is InChI=1S/C12H16N2O2.C2H2O4/c15-12(16)13-11-6-7-14(9-11)8-10-4-2-1-3-5-10;3-1(4)2(5)6/h1-5,11,13H,6-9H2,(H,15,16);(H,3,4)(H,5,6). The summed E-state index contributed by atoms with van der Waals surface area (Å²) in [6.45, 7) is 2.67. The van der Waals surface area contributed by atoms with Crippen LogP contribution in [0, 0.1) is 0 Å². The van der Waals surface area contributed by atoms with E-state index in [1.807, 2.05) is 18.2 Å². The molecule has 120 valence electrons. The van der Waals surface area contributed by atoms with Gasteiger partial charge in [-0.25, -0.2) is 14.4 Å². The third-order valence-corrected chi connectivity index (χ3v) is 3.03. The molecule has 1 aliphatic heterocycles. The van der Waals surface area contributed by atoms with E-state index in [-0.39, 0.29) is 6.04 Å². The molecule has 0 spiro atoms. The first kappa shape index (κ1) is 17.4. The zero-order valence-electron chi connectivity index (χ0n) is 11.8. The SMILES string of the molecule is O=C(O)C(=O)O.O=C(O)NC1CCN(Cc2ccccc2)C1. The van der Waals surface area contributed by atoms with Crippen LogP contribution in [-0.4, -0.2) is 57.4 Å². The van der Waals surface area contributed by atoms with Gasteiger partial charge in [-0.1, -0.05) is 30.3 Å². The van der Waals surface area contributed by atoms with Gasteiger partial charge in [0.05, 0.1) is 0 Å². The summed E-state index contributed by atoms with van der Waals surface area (Å²) in [5.74, 6) is -3.65. The van der Waals surface area contributed by atoms with Crippen molar-refractivity contribution >= 4 is 18.0 Å². The van der Waals surface area contributed by atoms with Crippen LogP contribution in [0.2, 0.25) is 0 Å². The molecule has 1 saturated heterocycles. The number of nitrogens with zero attached hydrogens (tertiary/aromatic N) is 1. The van der Waals surface area contributed by atoms with Gasteiger partial charge in [0.2, 0.25) is 0 Å². The Morgan fingerprint density at radius 3 is 2.18 bits per heavy atom. The van der Waals surface area contributed by atoms with Crippen LogP contribution in [0.15, 0.2) is 30.3 Å². The second kappa shape index (κ2) is 8.63. The fraction of sp³-hybridized carbons (Fsp3) is 0.357. The number of amides is 1. The van der Waals surface area contributed by atoms with E-state index in [9.17, 15) is 4.79 Å². The topological polar surface area (TPSA) is 127 Å². The van der Waals surface area contributed by atoms with Crippen molar-refractivity contribution in [2.45, 2.75) is 19.0 Å². The van der Waals surface area contributed by atoms with E-state index in [1.165, 1.54) is 5.56 Å². The summed E-state index contributed by atoms with van der Waals surface area (Å²) >= 11 is 0. The summed E-state index contributed by atoms with van der Waals surface area (Å²) in [5.41, 5.74) is 1.28. The zero-order valence-corrected chi connectivity index (χ0v) is 11.8. The summed E-state index contributed by atoms with van der Waals surface area (Å²) in [4.78, 5) is 31.0. The van der Waals surface area contributed by atoms with Gasteiger partial charge in [0.1, 0.15) is 0 Å². The molecule has 1 aromatic rings. The van der Waals surface area contributed by atoms with E-state index in [4.69, 9.17) is 24.9 Å². The Morgan fingerprint density at radius 2 is 1.68 bits per heavy atom. The Hall–Kier alpha value is -2.61. The normalized spacial score (nSPS) is 17.2. The van der Waals surface area contributed by atoms with Crippen molar-refractivity contribution in [1.82, 2.24) is 10.2 Å². The lowest BCUT2D eigenvalue weighted by molar-refractivity contribution is -0.159. The smallest absolute Gasteiger partial charge is 0.414 e. The summed E-state index contributed by atoms with van der Waals surface area (Å²) in [7, 11) is 0. The molecule has 0 bridgehead atoms. The molecule has 0 aliphatic carbocycles. The fourth-order valence-electron chi connectivity index (χ4n) is 2.11. The summed E-state index contributed by atoms with van der Waals surface area (Å²) < 4.78 is 0. The lowest BCUT2D eigenvalue weighted by atomic mass is 10.2. The lowest BCUT2D eigenvalue weighted by Crippen LogP contribution is -2.35. The molecule has 4 N–H and O–H groups in total. The Labute approximate surface area is 127 Å². The minimum absolute atomic E-state index is 0.0845. The number of nitrogens with one attached hydrogen (secondary N) is 1. The maximum atomic E-state index is 10.5. The lowest BCUT2D eigenvalue weighted by Gasteiger charge is -2.15. The number of carbonyl (C=O) groups is 3. The van der Waals surface area contributed by atoms with Crippen LogP contribution in [0.3, 0.4) is 0 Å². The minimum Gasteiger partial charge on any atom is -0.473 e. The second-order valence-corrected chi connectivity index (χ2v) is 4.77. The Kier molecular flexibility index (Phi) is 6.84. The van der Waals surface area contributed by atoms with Crippen LogP contribution in [0.25, 0.3) is 0 Å². The highest BCUT2D eigenvalue weighted by Crippen LogP contribution is 2.13. The van der Waals surface area contributed by atoms with Gasteiger partial charge >= 0.3 is 18.0 Å². The summed E-state index contributed by atoms with van der Waals surface area (Å²) in [6.07, 6.45) is -0.0226. The van der Waals surface area contributed by atoms with Crippen molar-refractivity contribution in [3.8, 4) is 0 Å². The highest BCUT2D eigenvalue weighted by Gasteiger charge is 2.23. The molecule has 2 rings (SSSR count). The number of aliphatic carboxylic acids is 2. The molecule has 1 atom stereocenters. The number of rotatable bonds is 3. The molecule has 0 aromatic heterocycles. The first-order valence-corrected chi connectivity index (χ1v) is 6.60. The molecule has 1 unspecified atom stereocenters. The second-order valence-electron chi connectivity index (χ2n) is 4.77. The molecule has 1 aromatic carbocycles. The fourth-order valence-corrected chi connectivity index (χ4v) is 2.11. The average molecular weight is 310 g/mol. The maximum absolute atomic E-state index is 10.5. The van der Waals surface area contributed by atoms with Crippen molar-refractivity contribution in [3.05, 3.63) is 35.9 Å². The van der Waals surface area contributed by atoms with Crippen molar-refractivity contribution in [2.24, 2.45) is 0 Å². The monoisotopic (exact) mass is 310 g/mol. The van der Waals surface area contributed by atoms with E-state index < -0.39 is 18.0 Å². The number of hydrogen-bond donors (Lipinski definition) is 4. The van der Waals surface area contributed by atoms with Gasteiger partial charge in [0, 0.05) is 25.7 Å². The molecule has 1 amide bonds. The van der Waals surface area contributed by atoms with Crippen molar-refractivity contribution in [3.63, 3.8) is 0 Å². The van der Waals surface area contributed by atoms with Gasteiger partial charge < -0.3 is 20.6 Å². The summed E-state index contributed by atoms with van der Waals surface area (Å²) in [5, 5.41) is 25.9. The first-order valence-electron chi connectivity index (χ1n) is 6.60. The van der Waals surface area contributed by atoms with Gasteiger partial charge in [-0.05, 0) is 12.0 Å². The maximum Gasteiger partial charge on any atom is 0.414 e. The number of likely N-dealkylation sites (tertiary alicyclic amines) is 1. The largest absolute Gasteiger partial charge is 0.473 e. The highest BCUT2D eigenvalue weighted by molar-refractivity contribution is 6.27. The van der Waals surface area contributed by atoms with Crippen molar-refractivity contribution in [1.29, 1.82) is 0 Å². The van der Waals surface area contributed by atoms with E-state index in [2.05, 4.69) is 22.3 Å². The van der Waals surface area contributed by atoms with Gasteiger partial charge in [0.25, 0.3) is 0 Å². The van der Waals surface area contributed by atoms with Gasteiger partial charge in [0.15, 0.2) is 0 Å². The Bertz CT molecular complexity index is 507. The van der Waals surface area contributed by atoms with Crippen molar-refractivity contribution < 1.29 is 29.7 Å². The molecule has 1 fully saturated rings. The molecule has 0 saturated carbocycles. The number of carboxylic acid groups (broad SMARTS) is 3. The van der Waals surface area contributed by atoms with Crippen LogP contribution in [-0.2, 0) is 16.1 Å². The molecule has 0 radical (unpaired) electrons. The molecule has 22 heavy (non-hydrogen) atoms. The average Bonchev–Trinajstić information content (AvgIpc) is 2.86. The quantitative estimate of drug-likeness (QED) is 0.605. The van der Waals surface area contributed by atoms with Crippen molar-refractivity contribution in [2.75, 3.05) is 13.1 Å². The Morgan fingerprint density at radius 1 is 1.09 bits per heavy atom. The summed E-state index contributed by atoms with van der Waals surface area (Å²) in [6, 6.07) is 10.3. The van der Waals surface area contributed by atoms with E-state index in [1.54, 1.807) is 0 Å². The minimum atomic E-state index is -1.82. The van der Waals surface area contributed by atoms with Gasteiger partial charge in [-0.3, -0.25) is 4.90 Å². The third kappa shape index (κ3) is 6.71. The molecule has 8 heteroatoms. The zero-order chi connectivity index (χ0) is 16.5. The molecule has 8 nitrogen and oxygen atoms in total. The predicted octanol–water partition coefficient (Wildman–Crippen LogP) is 0.684. The first-order chi connectivity index (χ1) is 10.4. The van der Waals surface area contributed by atoms with Gasteiger partial charge in [-0.15, -0.1) is 0 Å². The van der Waals surface area contributed by atoms with Gasteiger partial charge in [-0.2, -0.15) is 0 Å². The highest BCUT2D eigenvalue weighted by atomic mass is 16.4.